The first-order valence-corrected chi connectivity index (χ1v) is 7.29. The number of carbonyl (C=O) groups excluding carboxylic acids is 1. The van der Waals surface area contributed by atoms with E-state index in [1.165, 1.54) is 6.42 Å². The lowest BCUT2D eigenvalue weighted by molar-refractivity contribution is 0.0564. The van der Waals surface area contributed by atoms with Crippen molar-refractivity contribution in [3.8, 4) is 0 Å². The molecule has 3 rings (SSSR count). The third-order valence-corrected chi connectivity index (χ3v) is 4.15. The lowest BCUT2D eigenvalue weighted by Gasteiger charge is -2.37. The van der Waals surface area contributed by atoms with E-state index in [0.717, 1.165) is 29.3 Å². The summed E-state index contributed by atoms with van der Waals surface area (Å²) < 4.78 is 0. The number of nitrogens with one attached hydrogen (secondary N) is 1. The molecule has 0 saturated heterocycles. The molecule has 4 heteroatoms. The van der Waals surface area contributed by atoms with Gasteiger partial charge >= 0.3 is 0 Å². The molecule has 0 atom stereocenters. The monoisotopic (exact) mass is 272 g/mol. The zero-order valence-corrected chi connectivity index (χ0v) is 11.5. The molecule has 1 saturated carbocycles. The molecule has 1 aliphatic carbocycles. The second-order valence-corrected chi connectivity index (χ2v) is 5.41. The first-order valence-electron chi connectivity index (χ1n) is 7.29. The summed E-state index contributed by atoms with van der Waals surface area (Å²) >= 11 is 0. The molecular weight excluding hydrogens is 252 g/mol. The predicted octanol–water partition coefficient (Wildman–Crippen LogP) is 2.55. The van der Waals surface area contributed by atoms with Crippen molar-refractivity contribution in [1.29, 1.82) is 0 Å². The van der Waals surface area contributed by atoms with Crippen LogP contribution in [0.5, 0.6) is 0 Å². The molecule has 0 spiro atoms. The quantitative estimate of drug-likeness (QED) is 0.879. The predicted molar refractivity (Wildman–Crippen MR) is 78.7 cm³/mol. The smallest absolute Gasteiger partial charge is 0.256 e. The Morgan fingerprint density at radius 2 is 2.15 bits per heavy atom. The fourth-order valence-corrected chi connectivity index (χ4v) is 2.79. The number of para-hydroxylation sites is 1. The van der Waals surface area contributed by atoms with Gasteiger partial charge in [0, 0.05) is 36.3 Å². The highest BCUT2D eigenvalue weighted by Crippen LogP contribution is 2.28. The van der Waals surface area contributed by atoms with Gasteiger partial charge in [-0.3, -0.25) is 4.79 Å². The van der Waals surface area contributed by atoms with Gasteiger partial charge in [-0.1, -0.05) is 18.2 Å². The summed E-state index contributed by atoms with van der Waals surface area (Å²) in [5, 5.41) is 10.0. The highest BCUT2D eigenvalue weighted by molar-refractivity contribution is 6.06. The van der Waals surface area contributed by atoms with Gasteiger partial charge in [0.15, 0.2) is 0 Å². The molecule has 0 radical (unpaired) electrons. The third kappa shape index (κ3) is 2.31. The van der Waals surface area contributed by atoms with E-state index in [1.54, 1.807) is 6.20 Å². The summed E-state index contributed by atoms with van der Waals surface area (Å²) in [7, 11) is 0. The minimum atomic E-state index is 0.0839. The van der Waals surface area contributed by atoms with E-state index in [1.807, 2.05) is 29.2 Å². The Labute approximate surface area is 118 Å². The second kappa shape index (κ2) is 5.67. The van der Waals surface area contributed by atoms with E-state index < -0.39 is 0 Å². The minimum Gasteiger partial charge on any atom is -0.396 e. The number of aliphatic hydroxyl groups excluding tert-OH is 1. The lowest BCUT2D eigenvalue weighted by atomic mass is 9.90. The maximum Gasteiger partial charge on any atom is 0.256 e. The van der Waals surface area contributed by atoms with Crippen LogP contribution in [0.2, 0.25) is 0 Å². The largest absolute Gasteiger partial charge is 0.396 e. The Kier molecular flexibility index (Phi) is 3.74. The summed E-state index contributed by atoms with van der Waals surface area (Å²) in [6.07, 6.45) is 5.81. The van der Waals surface area contributed by atoms with E-state index >= 15 is 0 Å². The van der Waals surface area contributed by atoms with Gasteiger partial charge in [0.25, 0.3) is 5.91 Å². The first-order chi connectivity index (χ1) is 9.81. The Morgan fingerprint density at radius 1 is 1.35 bits per heavy atom. The molecule has 1 aliphatic rings. The zero-order valence-electron chi connectivity index (χ0n) is 11.5. The topological polar surface area (TPSA) is 56.3 Å². The van der Waals surface area contributed by atoms with Gasteiger partial charge in [0.2, 0.25) is 0 Å². The molecular formula is C16H20N2O2. The molecule has 0 aliphatic heterocycles. The number of H-pyrrole nitrogens is 1. The Hall–Kier alpha value is -1.81. The van der Waals surface area contributed by atoms with Crippen LogP contribution in [0, 0.1) is 0 Å². The van der Waals surface area contributed by atoms with Crippen molar-refractivity contribution in [2.45, 2.75) is 31.7 Å². The van der Waals surface area contributed by atoms with Gasteiger partial charge in [0.1, 0.15) is 0 Å². The maximum atomic E-state index is 12.8. The number of benzene rings is 1. The van der Waals surface area contributed by atoms with Crippen LogP contribution in [0.15, 0.2) is 30.5 Å². The lowest BCUT2D eigenvalue weighted by Crippen LogP contribution is -2.44. The van der Waals surface area contributed by atoms with Crippen LogP contribution in [0.25, 0.3) is 10.9 Å². The molecule has 2 aromatic rings. The molecule has 0 bridgehead atoms. The summed E-state index contributed by atoms with van der Waals surface area (Å²) in [4.78, 5) is 17.9. The number of nitrogens with zero attached hydrogens (tertiary/aromatic N) is 1. The number of hydrogen-bond acceptors (Lipinski definition) is 2. The fourth-order valence-electron chi connectivity index (χ4n) is 2.79. The van der Waals surface area contributed by atoms with E-state index in [2.05, 4.69) is 4.98 Å². The van der Waals surface area contributed by atoms with E-state index in [9.17, 15) is 4.79 Å². The van der Waals surface area contributed by atoms with Crippen LogP contribution >= 0.6 is 0 Å². The molecule has 1 amide bonds. The minimum absolute atomic E-state index is 0.0839. The summed E-state index contributed by atoms with van der Waals surface area (Å²) in [5.74, 6) is 0.0839. The second-order valence-electron chi connectivity index (χ2n) is 5.41. The fraction of sp³-hybridized carbons (Fsp3) is 0.438. The summed E-state index contributed by atoms with van der Waals surface area (Å²) in [6, 6.07) is 8.22. The molecule has 1 heterocycles. The number of fused-ring (bicyclic) bond motifs is 1. The van der Waals surface area contributed by atoms with Gasteiger partial charge in [0.05, 0.1) is 5.56 Å². The number of aromatic nitrogens is 1. The van der Waals surface area contributed by atoms with Crippen molar-refractivity contribution in [3.63, 3.8) is 0 Å². The Balaban J connectivity index is 1.88. The first kappa shape index (κ1) is 13.2. The third-order valence-electron chi connectivity index (χ3n) is 4.15. The highest BCUT2D eigenvalue weighted by Gasteiger charge is 2.29. The highest BCUT2D eigenvalue weighted by atomic mass is 16.3. The normalized spacial score (nSPS) is 15.2. The molecule has 1 fully saturated rings. The van der Waals surface area contributed by atoms with Crippen LogP contribution in [-0.4, -0.2) is 40.1 Å². The molecule has 2 N–H and O–H groups in total. The zero-order chi connectivity index (χ0) is 13.9. The van der Waals surface area contributed by atoms with Gasteiger partial charge in [-0.05, 0) is 31.7 Å². The molecule has 1 aromatic heterocycles. The maximum absolute atomic E-state index is 12.8. The van der Waals surface area contributed by atoms with E-state index in [-0.39, 0.29) is 12.5 Å². The van der Waals surface area contributed by atoms with Crippen LogP contribution < -0.4 is 0 Å². The average molecular weight is 272 g/mol. The molecule has 0 unspecified atom stereocenters. The van der Waals surface area contributed by atoms with E-state index in [4.69, 9.17) is 5.11 Å². The van der Waals surface area contributed by atoms with Gasteiger partial charge in [-0.25, -0.2) is 0 Å². The van der Waals surface area contributed by atoms with Crippen LogP contribution in [0.3, 0.4) is 0 Å². The Bertz CT molecular complexity index is 601. The van der Waals surface area contributed by atoms with E-state index in [0.29, 0.717) is 19.0 Å². The van der Waals surface area contributed by atoms with Gasteiger partial charge in [-0.2, -0.15) is 0 Å². The van der Waals surface area contributed by atoms with Crippen molar-refractivity contribution >= 4 is 16.8 Å². The van der Waals surface area contributed by atoms with Gasteiger partial charge < -0.3 is 15.0 Å². The molecule has 4 nitrogen and oxygen atoms in total. The van der Waals surface area contributed by atoms with Crippen molar-refractivity contribution in [2.24, 2.45) is 0 Å². The number of aliphatic hydroxyl groups is 1. The molecule has 106 valence electrons. The van der Waals surface area contributed by atoms with Crippen LogP contribution in [-0.2, 0) is 0 Å². The van der Waals surface area contributed by atoms with Crippen molar-refractivity contribution in [3.05, 3.63) is 36.0 Å². The molecule has 1 aromatic carbocycles. The molecule has 20 heavy (non-hydrogen) atoms. The number of amides is 1. The number of rotatable bonds is 5. The SMILES string of the molecule is O=C(c1c[nH]c2ccccc12)N(CCCO)C1CCC1. The standard InChI is InChI=1S/C16H20N2O2/c19-10-4-9-18(12-5-3-6-12)16(20)14-11-17-15-8-2-1-7-13(14)15/h1-2,7-8,11-12,17,19H,3-6,9-10H2. The number of carbonyl (C=O) groups is 1. The average Bonchev–Trinajstić information content (AvgIpc) is 2.84. The van der Waals surface area contributed by atoms with Gasteiger partial charge in [-0.15, -0.1) is 0 Å². The number of hydrogen-bond donors (Lipinski definition) is 2. The van der Waals surface area contributed by atoms with Crippen LogP contribution in [0.4, 0.5) is 0 Å². The Morgan fingerprint density at radius 3 is 2.85 bits per heavy atom. The summed E-state index contributed by atoms with van der Waals surface area (Å²) in [6.45, 7) is 0.768. The summed E-state index contributed by atoms with van der Waals surface area (Å²) in [5.41, 5.74) is 1.73. The van der Waals surface area contributed by atoms with Crippen molar-refractivity contribution in [2.75, 3.05) is 13.2 Å². The number of aromatic amines is 1. The van der Waals surface area contributed by atoms with Crippen molar-refractivity contribution < 1.29 is 9.90 Å². The van der Waals surface area contributed by atoms with Crippen LogP contribution in [0.1, 0.15) is 36.0 Å². The van der Waals surface area contributed by atoms with Crippen molar-refractivity contribution in [1.82, 2.24) is 9.88 Å².